The van der Waals surface area contributed by atoms with Crippen LogP contribution in [-0.4, -0.2) is 35.8 Å². The highest BCUT2D eigenvalue weighted by Crippen LogP contribution is 2.30. The van der Waals surface area contributed by atoms with E-state index in [0.29, 0.717) is 12.0 Å². The molecule has 2 fully saturated rings. The number of aryl methyl sites for hydroxylation is 1. The highest BCUT2D eigenvalue weighted by molar-refractivity contribution is 5.42. The van der Waals surface area contributed by atoms with Crippen LogP contribution in [0.4, 0.5) is 5.82 Å². The normalized spacial score (nSPS) is 22.4. The van der Waals surface area contributed by atoms with E-state index in [9.17, 15) is 0 Å². The molecule has 3 rings (SSSR count). The zero-order chi connectivity index (χ0) is 15.4. The van der Waals surface area contributed by atoms with E-state index >= 15 is 0 Å². The smallest absolute Gasteiger partial charge is 0.132 e. The Bertz CT molecular complexity index is 479. The Morgan fingerprint density at radius 1 is 1.23 bits per heavy atom. The molecule has 0 amide bonds. The lowest BCUT2D eigenvalue weighted by molar-refractivity contribution is 0.193. The van der Waals surface area contributed by atoms with Crippen molar-refractivity contribution in [3.05, 3.63) is 17.6 Å². The maximum Gasteiger partial charge on any atom is 0.132 e. The summed E-state index contributed by atoms with van der Waals surface area (Å²) in [4.78, 5) is 12.0. The Balaban J connectivity index is 1.85. The molecule has 4 nitrogen and oxygen atoms in total. The van der Waals surface area contributed by atoms with Crippen LogP contribution in [0.1, 0.15) is 69.3 Å². The summed E-state index contributed by atoms with van der Waals surface area (Å²) in [5.41, 5.74) is 1.18. The van der Waals surface area contributed by atoms with Crippen molar-refractivity contribution in [1.29, 1.82) is 0 Å². The number of hydrogen-bond acceptors (Lipinski definition) is 4. The van der Waals surface area contributed by atoms with Crippen LogP contribution in [0.25, 0.3) is 0 Å². The van der Waals surface area contributed by atoms with Crippen molar-refractivity contribution in [3.63, 3.8) is 0 Å². The lowest BCUT2D eigenvalue weighted by Crippen LogP contribution is -2.35. The highest BCUT2D eigenvalue weighted by atomic mass is 16.5. The maximum absolute atomic E-state index is 5.54. The van der Waals surface area contributed by atoms with Crippen LogP contribution in [0.5, 0.6) is 0 Å². The molecular formula is C18H29N3O. The Morgan fingerprint density at radius 2 is 2.05 bits per heavy atom. The molecule has 2 aliphatic rings. The quantitative estimate of drug-likeness (QED) is 0.800. The fourth-order valence-electron chi connectivity index (χ4n) is 3.73. The minimum absolute atomic E-state index is 0.456. The molecule has 22 heavy (non-hydrogen) atoms. The molecular weight excluding hydrogens is 274 g/mol. The van der Waals surface area contributed by atoms with Crippen molar-refractivity contribution in [2.45, 2.75) is 70.8 Å². The van der Waals surface area contributed by atoms with Gasteiger partial charge in [-0.15, -0.1) is 0 Å². The van der Waals surface area contributed by atoms with E-state index < -0.39 is 0 Å². The van der Waals surface area contributed by atoms with Gasteiger partial charge in [0.2, 0.25) is 0 Å². The molecule has 0 aromatic carbocycles. The predicted octanol–water partition coefficient (Wildman–Crippen LogP) is 3.84. The minimum atomic E-state index is 0.456. The summed E-state index contributed by atoms with van der Waals surface area (Å²) in [6.07, 6.45) is 8.91. The molecule has 1 saturated heterocycles. The molecule has 1 aliphatic carbocycles. The minimum Gasteiger partial charge on any atom is -0.381 e. The molecule has 1 saturated carbocycles. The number of nitrogens with zero attached hydrogens (tertiary/aromatic N) is 3. The fourth-order valence-corrected chi connectivity index (χ4v) is 3.73. The summed E-state index contributed by atoms with van der Waals surface area (Å²) in [6, 6.07) is 2.91. The zero-order valence-corrected chi connectivity index (χ0v) is 14.1. The van der Waals surface area contributed by atoms with Crippen molar-refractivity contribution in [3.8, 4) is 0 Å². The summed E-state index contributed by atoms with van der Waals surface area (Å²) in [5, 5.41) is 0. The van der Waals surface area contributed by atoms with Crippen LogP contribution in [0, 0.1) is 6.92 Å². The highest BCUT2D eigenvalue weighted by Gasteiger charge is 2.26. The van der Waals surface area contributed by atoms with Gasteiger partial charge in [0.1, 0.15) is 11.6 Å². The molecule has 0 radical (unpaired) electrons. The average Bonchev–Trinajstić information content (AvgIpc) is 3.21. The second kappa shape index (κ2) is 7.40. The Hall–Kier alpha value is -1.16. The third-order valence-corrected chi connectivity index (χ3v) is 5.00. The monoisotopic (exact) mass is 303 g/mol. The summed E-state index contributed by atoms with van der Waals surface area (Å²) in [5.74, 6) is 2.51. The number of ether oxygens (including phenoxy) is 1. The molecule has 1 aliphatic heterocycles. The number of unbranched alkanes of at least 4 members (excludes halogenated alkanes) is 1. The Morgan fingerprint density at radius 3 is 2.73 bits per heavy atom. The molecule has 0 N–H and O–H groups in total. The van der Waals surface area contributed by atoms with Crippen LogP contribution in [0.15, 0.2) is 6.07 Å². The van der Waals surface area contributed by atoms with Gasteiger partial charge in [0.15, 0.2) is 0 Å². The predicted molar refractivity (Wildman–Crippen MR) is 89.5 cm³/mol. The van der Waals surface area contributed by atoms with E-state index in [1.54, 1.807) is 0 Å². The SMILES string of the molecule is CCCCN(c1cc(C2CCOC2)nc(C)n1)C1CCCC1. The van der Waals surface area contributed by atoms with Crippen molar-refractivity contribution >= 4 is 5.82 Å². The van der Waals surface area contributed by atoms with Crippen LogP contribution in [0.3, 0.4) is 0 Å². The number of rotatable bonds is 6. The number of aromatic nitrogens is 2. The molecule has 1 aromatic rings. The van der Waals surface area contributed by atoms with Crippen molar-refractivity contribution in [2.75, 3.05) is 24.7 Å². The maximum atomic E-state index is 5.54. The average molecular weight is 303 g/mol. The lowest BCUT2D eigenvalue weighted by atomic mass is 10.0. The van der Waals surface area contributed by atoms with E-state index in [1.807, 2.05) is 6.92 Å². The van der Waals surface area contributed by atoms with Gasteiger partial charge in [-0.05, 0) is 32.6 Å². The Labute approximate surface area is 134 Å². The first-order chi connectivity index (χ1) is 10.8. The van der Waals surface area contributed by atoms with Crippen molar-refractivity contribution < 1.29 is 4.74 Å². The van der Waals surface area contributed by atoms with Crippen molar-refractivity contribution in [2.24, 2.45) is 0 Å². The molecule has 1 unspecified atom stereocenters. The van der Waals surface area contributed by atoms with Gasteiger partial charge >= 0.3 is 0 Å². The second-order valence-corrected chi connectivity index (χ2v) is 6.74. The molecule has 0 spiro atoms. The largest absolute Gasteiger partial charge is 0.381 e. The van der Waals surface area contributed by atoms with Crippen LogP contribution >= 0.6 is 0 Å². The van der Waals surface area contributed by atoms with Gasteiger partial charge < -0.3 is 9.64 Å². The van der Waals surface area contributed by atoms with E-state index in [4.69, 9.17) is 9.72 Å². The summed E-state index contributed by atoms with van der Waals surface area (Å²) < 4.78 is 5.54. The van der Waals surface area contributed by atoms with E-state index in [0.717, 1.165) is 37.8 Å². The molecule has 4 heteroatoms. The van der Waals surface area contributed by atoms with E-state index in [-0.39, 0.29) is 0 Å². The van der Waals surface area contributed by atoms with Crippen LogP contribution in [-0.2, 0) is 4.74 Å². The second-order valence-electron chi connectivity index (χ2n) is 6.74. The van der Waals surface area contributed by atoms with Gasteiger partial charge in [0.05, 0.1) is 12.3 Å². The van der Waals surface area contributed by atoms with Gasteiger partial charge in [-0.25, -0.2) is 9.97 Å². The van der Waals surface area contributed by atoms with E-state index in [1.165, 1.54) is 44.2 Å². The Kier molecular flexibility index (Phi) is 5.29. The first-order valence-corrected chi connectivity index (χ1v) is 8.98. The fraction of sp³-hybridized carbons (Fsp3) is 0.778. The molecule has 122 valence electrons. The third kappa shape index (κ3) is 3.60. The topological polar surface area (TPSA) is 38.2 Å². The standard InChI is InChI=1S/C18H29N3O/c1-3-4-10-21(16-7-5-6-8-16)18-12-17(19-14(2)20-18)15-9-11-22-13-15/h12,15-16H,3-11,13H2,1-2H3. The van der Waals surface area contributed by atoms with Gasteiger partial charge in [-0.2, -0.15) is 0 Å². The van der Waals surface area contributed by atoms with Gasteiger partial charge in [-0.3, -0.25) is 0 Å². The van der Waals surface area contributed by atoms with Gasteiger partial charge in [0, 0.05) is 31.2 Å². The van der Waals surface area contributed by atoms with Gasteiger partial charge in [0.25, 0.3) is 0 Å². The summed E-state index contributed by atoms with van der Waals surface area (Å²) in [6.45, 7) is 7.09. The van der Waals surface area contributed by atoms with Gasteiger partial charge in [-0.1, -0.05) is 26.2 Å². The number of hydrogen-bond donors (Lipinski definition) is 0. The first kappa shape index (κ1) is 15.7. The molecule has 1 aromatic heterocycles. The van der Waals surface area contributed by atoms with Crippen LogP contribution in [0.2, 0.25) is 0 Å². The summed E-state index contributed by atoms with van der Waals surface area (Å²) in [7, 11) is 0. The lowest BCUT2D eigenvalue weighted by Gasteiger charge is -2.30. The van der Waals surface area contributed by atoms with Crippen molar-refractivity contribution in [1.82, 2.24) is 9.97 Å². The van der Waals surface area contributed by atoms with E-state index in [2.05, 4.69) is 22.9 Å². The molecule has 0 bridgehead atoms. The first-order valence-electron chi connectivity index (χ1n) is 8.98. The van der Waals surface area contributed by atoms with Crippen LogP contribution < -0.4 is 4.90 Å². The molecule has 2 heterocycles. The summed E-state index contributed by atoms with van der Waals surface area (Å²) >= 11 is 0. The molecule has 1 atom stereocenters. The third-order valence-electron chi connectivity index (χ3n) is 5.00. The number of anilines is 1. The zero-order valence-electron chi connectivity index (χ0n) is 14.1.